The van der Waals surface area contributed by atoms with Gasteiger partial charge in [-0.05, 0) is 36.4 Å². The molecule has 0 atom stereocenters. The fourth-order valence-corrected chi connectivity index (χ4v) is 3.11. The van der Waals surface area contributed by atoms with Gasteiger partial charge in [-0.2, -0.15) is 0 Å². The molecule has 0 radical (unpaired) electrons. The smallest absolute Gasteiger partial charge is 0.262 e. The van der Waals surface area contributed by atoms with Crippen LogP contribution in [0.2, 0.25) is 0 Å². The zero-order chi connectivity index (χ0) is 20.0. The number of sulfonamides is 1. The van der Waals surface area contributed by atoms with Crippen LogP contribution in [-0.2, 0) is 14.8 Å². The van der Waals surface area contributed by atoms with E-state index in [4.69, 9.17) is 9.47 Å². The van der Waals surface area contributed by atoms with Crippen LogP contribution in [0.1, 0.15) is 10.4 Å². The maximum atomic E-state index is 12.2. The van der Waals surface area contributed by atoms with Gasteiger partial charge < -0.3 is 14.8 Å². The minimum absolute atomic E-state index is 0.0670. The molecule has 2 aromatic carbocycles. The molecule has 27 heavy (non-hydrogen) atoms. The number of nitrogens with zero attached hydrogens (tertiary/aromatic N) is 1. The van der Waals surface area contributed by atoms with E-state index in [0.717, 1.165) is 4.31 Å². The van der Waals surface area contributed by atoms with Gasteiger partial charge >= 0.3 is 0 Å². The summed E-state index contributed by atoms with van der Waals surface area (Å²) in [5, 5.41) is 2.58. The summed E-state index contributed by atoms with van der Waals surface area (Å²) in [5.41, 5.74) is 0.748. The number of methoxy groups -OCH3 is 1. The van der Waals surface area contributed by atoms with Crippen LogP contribution in [0.5, 0.6) is 11.5 Å². The van der Waals surface area contributed by atoms with Crippen LogP contribution in [0.15, 0.2) is 47.4 Å². The maximum Gasteiger partial charge on any atom is 0.262 e. The Kier molecular flexibility index (Phi) is 6.54. The van der Waals surface area contributed by atoms with E-state index in [9.17, 15) is 18.0 Å². The number of carbonyl (C=O) groups excluding carboxylic acids is 2. The molecule has 9 heteroatoms. The van der Waals surface area contributed by atoms with Crippen molar-refractivity contribution in [2.75, 3.05) is 33.1 Å². The largest absolute Gasteiger partial charge is 0.493 e. The summed E-state index contributed by atoms with van der Waals surface area (Å²) in [4.78, 5) is 23.0. The molecule has 0 aliphatic carbocycles. The van der Waals surface area contributed by atoms with E-state index in [-0.39, 0.29) is 11.5 Å². The van der Waals surface area contributed by atoms with Crippen molar-refractivity contribution < 1.29 is 27.5 Å². The molecule has 0 heterocycles. The van der Waals surface area contributed by atoms with E-state index in [1.807, 2.05) is 0 Å². The predicted molar refractivity (Wildman–Crippen MR) is 99.8 cm³/mol. The molecule has 0 aliphatic rings. The zero-order valence-corrected chi connectivity index (χ0v) is 15.9. The SMILES string of the molecule is COc1cc(C=O)ccc1OCC(=O)Nc1cccc(S(=O)(=O)N(C)C)c1. The second kappa shape index (κ2) is 8.65. The fraction of sp³-hybridized carbons (Fsp3) is 0.222. The van der Waals surface area contributed by atoms with Gasteiger partial charge in [0.1, 0.15) is 6.29 Å². The molecule has 2 aromatic rings. The fourth-order valence-electron chi connectivity index (χ4n) is 2.16. The maximum absolute atomic E-state index is 12.2. The molecule has 8 nitrogen and oxygen atoms in total. The monoisotopic (exact) mass is 392 g/mol. The molecule has 0 aromatic heterocycles. The van der Waals surface area contributed by atoms with Gasteiger partial charge in [-0.15, -0.1) is 0 Å². The number of amides is 1. The molecule has 0 spiro atoms. The van der Waals surface area contributed by atoms with Crippen molar-refractivity contribution in [3.05, 3.63) is 48.0 Å². The Labute approximate surface area is 157 Å². The Morgan fingerprint density at radius 1 is 1.15 bits per heavy atom. The Bertz CT molecular complexity index is 941. The summed E-state index contributed by atoms with van der Waals surface area (Å²) in [6, 6.07) is 10.5. The molecule has 0 unspecified atom stereocenters. The Morgan fingerprint density at radius 3 is 2.52 bits per heavy atom. The van der Waals surface area contributed by atoms with Crippen LogP contribution in [0.4, 0.5) is 5.69 Å². The lowest BCUT2D eigenvalue weighted by Crippen LogP contribution is -2.23. The summed E-state index contributed by atoms with van der Waals surface area (Å²) in [5.74, 6) is 0.157. The van der Waals surface area contributed by atoms with Gasteiger partial charge in [-0.25, -0.2) is 12.7 Å². The number of rotatable bonds is 8. The second-order valence-electron chi connectivity index (χ2n) is 5.68. The minimum atomic E-state index is -3.60. The van der Waals surface area contributed by atoms with Crippen LogP contribution in [-0.4, -0.2) is 52.7 Å². The lowest BCUT2D eigenvalue weighted by molar-refractivity contribution is -0.118. The summed E-state index contributed by atoms with van der Waals surface area (Å²) in [6.45, 7) is -0.318. The standard InChI is InChI=1S/C18H20N2O6S/c1-20(2)27(23,24)15-6-4-5-14(10-15)19-18(22)12-26-16-8-7-13(11-21)9-17(16)25-3/h4-11H,12H2,1-3H3,(H,19,22). The second-order valence-corrected chi connectivity index (χ2v) is 7.83. The number of hydrogen-bond acceptors (Lipinski definition) is 6. The number of benzene rings is 2. The van der Waals surface area contributed by atoms with Crippen LogP contribution in [0.25, 0.3) is 0 Å². The Morgan fingerprint density at radius 2 is 1.89 bits per heavy atom. The van der Waals surface area contributed by atoms with E-state index >= 15 is 0 Å². The first-order chi connectivity index (χ1) is 12.8. The lowest BCUT2D eigenvalue weighted by atomic mass is 10.2. The molecule has 0 saturated carbocycles. The third kappa shape index (κ3) is 5.05. The number of hydrogen-bond donors (Lipinski definition) is 1. The van der Waals surface area contributed by atoms with Crippen LogP contribution < -0.4 is 14.8 Å². The normalized spacial score (nSPS) is 11.1. The Hall–Kier alpha value is -2.91. The number of ether oxygens (including phenoxy) is 2. The van der Waals surface area contributed by atoms with E-state index in [1.165, 1.54) is 51.5 Å². The molecule has 2 rings (SSSR count). The van der Waals surface area contributed by atoms with Crippen LogP contribution in [0, 0.1) is 0 Å². The van der Waals surface area contributed by atoms with Crippen molar-refractivity contribution in [1.29, 1.82) is 0 Å². The van der Waals surface area contributed by atoms with E-state index < -0.39 is 15.9 Å². The third-order valence-electron chi connectivity index (χ3n) is 3.58. The van der Waals surface area contributed by atoms with E-state index in [1.54, 1.807) is 12.1 Å². The minimum Gasteiger partial charge on any atom is -0.493 e. The topological polar surface area (TPSA) is 102 Å². The summed E-state index contributed by atoms with van der Waals surface area (Å²) in [7, 11) is 0.680. The van der Waals surface area contributed by atoms with Crippen LogP contribution >= 0.6 is 0 Å². The van der Waals surface area contributed by atoms with Gasteiger partial charge in [0.05, 0.1) is 12.0 Å². The highest BCUT2D eigenvalue weighted by atomic mass is 32.2. The average molecular weight is 392 g/mol. The van der Waals surface area contributed by atoms with Crippen LogP contribution in [0.3, 0.4) is 0 Å². The molecule has 0 fully saturated rings. The molecule has 1 amide bonds. The molecule has 0 bridgehead atoms. The zero-order valence-electron chi connectivity index (χ0n) is 15.1. The highest BCUT2D eigenvalue weighted by molar-refractivity contribution is 7.89. The van der Waals surface area contributed by atoms with Gasteiger partial charge in [0.15, 0.2) is 18.1 Å². The van der Waals surface area contributed by atoms with Crippen molar-refractivity contribution in [2.45, 2.75) is 4.90 Å². The number of anilines is 1. The van der Waals surface area contributed by atoms with Gasteiger partial charge in [0, 0.05) is 25.3 Å². The summed E-state index contributed by atoms with van der Waals surface area (Å²) < 4.78 is 35.9. The van der Waals surface area contributed by atoms with Gasteiger partial charge in [0.25, 0.3) is 5.91 Å². The third-order valence-corrected chi connectivity index (χ3v) is 5.39. The molecular formula is C18H20N2O6S. The quantitative estimate of drug-likeness (QED) is 0.687. The first kappa shape index (κ1) is 20.4. The summed E-state index contributed by atoms with van der Waals surface area (Å²) >= 11 is 0. The van der Waals surface area contributed by atoms with Gasteiger partial charge in [0.2, 0.25) is 10.0 Å². The van der Waals surface area contributed by atoms with E-state index in [2.05, 4.69) is 5.32 Å². The number of carbonyl (C=O) groups is 2. The molecule has 0 aliphatic heterocycles. The Balaban J connectivity index is 2.06. The van der Waals surface area contributed by atoms with Crippen molar-refractivity contribution in [3.8, 4) is 11.5 Å². The number of aldehydes is 1. The predicted octanol–water partition coefficient (Wildman–Crippen LogP) is 1.78. The first-order valence-corrected chi connectivity index (χ1v) is 9.30. The average Bonchev–Trinajstić information content (AvgIpc) is 2.66. The molecular weight excluding hydrogens is 372 g/mol. The molecule has 144 valence electrons. The van der Waals surface area contributed by atoms with Gasteiger partial charge in [-0.1, -0.05) is 6.07 Å². The molecule has 0 saturated heterocycles. The first-order valence-electron chi connectivity index (χ1n) is 7.86. The van der Waals surface area contributed by atoms with Crippen molar-refractivity contribution in [2.24, 2.45) is 0 Å². The summed E-state index contributed by atoms with van der Waals surface area (Å²) in [6.07, 6.45) is 0.674. The van der Waals surface area contributed by atoms with Crippen molar-refractivity contribution in [1.82, 2.24) is 4.31 Å². The highest BCUT2D eigenvalue weighted by Crippen LogP contribution is 2.27. The van der Waals surface area contributed by atoms with Crippen molar-refractivity contribution >= 4 is 27.9 Å². The van der Waals surface area contributed by atoms with Crippen molar-refractivity contribution in [3.63, 3.8) is 0 Å². The number of nitrogens with one attached hydrogen (secondary N) is 1. The highest BCUT2D eigenvalue weighted by Gasteiger charge is 2.17. The van der Waals surface area contributed by atoms with E-state index in [0.29, 0.717) is 29.0 Å². The lowest BCUT2D eigenvalue weighted by Gasteiger charge is -2.13. The molecule has 1 N–H and O–H groups in total. The van der Waals surface area contributed by atoms with Gasteiger partial charge in [-0.3, -0.25) is 9.59 Å².